The van der Waals surface area contributed by atoms with Crippen molar-refractivity contribution in [2.24, 2.45) is 5.73 Å². The monoisotopic (exact) mass is 210 g/mol. The van der Waals surface area contributed by atoms with E-state index in [1.54, 1.807) is 17.0 Å². The maximum absolute atomic E-state index is 11.3. The Balaban J connectivity index is 2.22. The van der Waals surface area contributed by atoms with E-state index in [9.17, 15) is 4.79 Å². The summed E-state index contributed by atoms with van der Waals surface area (Å²) in [6.45, 7) is 0.508. The third-order valence-electron chi connectivity index (χ3n) is 2.42. The minimum Gasteiger partial charge on any atom is -0.328 e. The van der Waals surface area contributed by atoms with E-state index in [0.717, 1.165) is 5.69 Å². The highest BCUT2D eigenvalue weighted by Gasteiger charge is 2.35. The molecule has 3 nitrogen and oxygen atoms in total. The van der Waals surface area contributed by atoms with E-state index in [1.165, 1.54) is 0 Å². The lowest BCUT2D eigenvalue weighted by Crippen LogP contribution is -2.56. The lowest BCUT2D eigenvalue weighted by atomic mass is 10.0. The molecule has 1 aromatic carbocycles. The molecule has 1 amide bonds. The van der Waals surface area contributed by atoms with Crippen LogP contribution >= 0.6 is 11.6 Å². The van der Waals surface area contributed by atoms with E-state index in [-0.39, 0.29) is 11.9 Å². The SMILES string of the molecule is NCC1CC(=O)N1c1ccc(Cl)cc1. The first-order valence-corrected chi connectivity index (χ1v) is 4.88. The second-order valence-electron chi connectivity index (χ2n) is 3.33. The first-order chi connectivity index (χ1) is 6.72. The molecule has 1 fully saturated rings. The molecule has 74 valence electrons. The number of nitrogens with two attached hydrogens (primary N) is 1. The van der Waals surface area contributed by atoms with Crippen LogP contribution in [-0.4, -0.2) is 18.5 Å². The number of hydrogen-bond donors (Lipinski definition) is 1. The molecule has 0 radical (unpaired) electrons. The Bertz CT molecular complexity index is 350. The van der Waals surface area contributed by atoms with Crippen molar-refractivity contribution in [2.75, 3.05) is 11.4 Å². The number of carbonyl (C=O) groups excluding carboxylic acids is 1. The normalized spacial score (nSPS) is 20.9. The number of hydrogen-bond acceptors (Lipinski definition) is 2. The molecular formula is C10H11ClN2O. The number of rotatable bonds is 2. The van der Waals surface area contributed by atoms with Gasteiger partial charge in [-0.15, -0.1) is 0 Å². The van der Waals surface area contributed by atoms with Gasteiger partial charge in [0.15, 0.2) is 0 Å². The third kappa shape index (κ3) is 1.49. The second-order valence-corrected chi connectivity index (χ2v) is 3.77. The first kappa shape index (κ1) is 9.49. The van der Waals surface area contributed by atoms with Crippen molar-refractivity contribution < 1.29 is 4.79 Å². The van der Waals surface area contributed by atoms with Crippen molar-refractivity contribution in [1.29, 1.82) is 0 Å². The van der Waals surface area contributed by atoms with Gasteiger partial charge >= 0.3 is 0 Å². The summed E-state index contributed by atoms with van der Waals surface area (Å²) in [4.78, 5) is 13.0. The van der Waals surface area contributed by atoms with Gasteiger partial charge in [-0.2, -0.15) is 0 Å². The standard InChI is InChI=1S/C10H11ClN2O/c11-7-1-3-8(4-2-7)13-9(6-12)5-10(13)14/h1-4,9H,5-6,12H2. The van der Waals surface area contributed by atoms with Gasteiger partial charge in [0.1, 0.15) is 0 Å². The molecule has 1 aliphatic rings. The maximum atomic E-state index is 11.3. The van der Waals surface area contributed by atoms with E-state index in [0.29, 0.717) is 18.0 Å². The number of β-lactam (4-membered cyclic amide) rings is 1. The van der Waals surface area contributed by atoms with Crippen molar-refractivity contribution in [1.82, 2.24) is 0 Å². The zero-order valence-corrected chi connectivity index (χ0v) is 8.37. The molecule has 0 bridgehead atoms. The molecule has 1 saturated heterocycles. The molecule has 1 heterocycles. The highest BCUT2D eigenvalue weighted by atomic mass is 35.5. The fourth-order valence-corrected chi connectivity index (χ4v) is 1.75. The molecule has 4 heteroatoms. The maximum Gasteiger partial charge on any atom is 0.229 e. The summed E-state index contributed by atoms with van der Waals surface area (Å²) in [5, 5.41) is 0.672. The van der Waals surface area contributed by atoms with Crippen LogP contribution in [0.2, 0.25) is 5.02 Å². The smallest absolute Gasteiger partial charge is 0.229 e. The molecule has 0 spiro atoms. The van der Waals surface area contributed by atoms with Gasteiger partial charge in [0, 0.05) is 23.7 Å². The average molecular weight is 211 g/mol. The molecule has 1 unspecified atom stereocenters. The van der Waals surface area contributed by atoms with Gasteiger partial charge in [-0.3, -0.25) is 4.79 Å². The molecule has 2 rings (SSSR count). The molecule has 1 aliphatic heterocycles. The van der Waals surface area contributed by atoms with Gasteiger partial charge in [0.05, 0.1) is 6.04 Å². The Hall–Kier alpha value is -1.06. The summed E-state index contributed by atoms with van der Waals surface area (Å²) in [5.74, 6) is 0.128. The number of benzene rings is 1. The van der Waals surface area contributed by atoms with Crippen LogP contribution < -0.4 is 10.6 Å². The minimum atomic E-state index is 0.128. The van der Waals surface area contributed by atoms with Crippen molar-refractivity contribution in [3.05, 3.63) is 29.3 Å². The zero-order valence-electron chi connectivity index (χ0n) is 7.61. The number of nitrogens with zero attached hydrogens (tertiary/aromatic N) is 1. The molecule has 0 aliphatic carbocycles. The number of amides is 1. The first-order valence-electron chi connectivity index (χ1n) is 4.50. The summed E-state index contributed by atoms with van der Waals surface area (Å²) in [6, 6.07) is 7.37. The summed E-state index contributed by atoms with van der Waals surface area (Å²) in [5.41, 5.74) is 6.41. The Labute approximate surface area is 87.4 Å². The molecule has 0 saturated carbocycles. The summed E-state index contributed by atoms with van der Waals surface area (Å²) < 4.78 is 0. The van der Waals surface area contributed by atoms with E-state index < -0.39 is 0 Å². The Morgan fingerprint density at radius 1 is 1.43 bits per heavy atom. The fraction of sp³-hybridized carbons (Fsp3) is 0.300. The molecular weight excluding hydrogens is 200 g/mol. The summed E-state index contributed by atoms with van der Waals surface area (Å²) >= 11 is 5.76. The van der Waals surface area contributed by atoms with Gasteiger partial charge in [-0.05, 0) is 24.3 Å². The molecule has 1 atom stereocenters. The van der Waals surface area contributed by atoms with Crippen LogP contribution in [0.3, 0.4) is 0 Å². The summed E-state index contributed by atoms with van der Waals surface area (Å²) in [6.07, 6.45) is 0.555. The lowest BCUT2D eigenvalue weighted by Gasteiger charge is -2.39. The number of halogens is 1. The quantitative estimate of drug-likeness (QED) is 0.751. The predicted octanol–water partition coefficient (Wildman–Crippen LogP) is 1.40. The van der Waals surface area contributed by atoms with Gasteiger partial charge < -0.3 is 10.6 Å². The molecule has 14 heavy (non-hydrogen) atoms. The van der Waals surface area contributed by atoms with Crippen LogP contribution in [0.15, 0.2) is 24.3 Å². The fourth-order valence-electron chi connectivity index (χ4n) is 1.63. The van der Waals surface area contributed by atoms with Gasteiger partial charge in [0.2, 0.25) is 5.91 Å². The molecule has 1 aromatic rings. The van der Waals surface area contributed by atoms with Gasteiger partial charge in [-0.1, -0.05) is 11.6 Å². The predicted molar refractivity (Wildman–Crippen MR) is 56.4 cm³/mol. The van der Waals surface area contributed by atoms with Crippen LogP contribution in [0.1, 0.15) is 6.42 Å². The average Bonchev–Trinajstić information content (AvgIpc) is 2.17. The minimum absolute atomic E-state index is 0.128. The van der Waals surface area contributed by atoms with Crippen LogP contribution in [0.4, 0.5) is 5.69 Å². The second kappa shape index (κ2) is 3.59. The van der Waals surface area contributed by atoms with E-state index in [2.05, 4.69) is 0 Å². The Morgan fingerprint density at radius 2 is 2.07 bits per heavy atom. The van der Waals surface area contributed by atoms with Gasteiger partial charge in [-0.25, -0.2) is 0 Å². The van der Waals surface area contributed by atoms with Crippen molar-refractivity contribution in [3.8, 4) is 0 Å². The van der Waals surface area contributed by atoms with Crippen molar-refractivity contribution in [3.63, 3.8) is 0 Å². The van der Waals surface area contributed by atoms with Crippen LogP contribution in [0.5, 0.6) is 0 Å². The van der Waals surface area contributed by atoms with Crippen molar-refractivity contribution in [2.45, 2.75) is 12.5 Å². The topological polar surface area (TPSA) is 46.3 Å². The largest absolute Gasteiger partial charge is 0.328 e. The van der Waals surface area contributed by atoms with Crippen LogP contribution in [0, 0.1) is 0 Å². The Morgan fingerprint density at radius 3 is 2.57 bits per heavy atom. The highest BCUT2D eigenvalue weighted by Crippen LogP contribution is 2.27. The highest BCUT2D eigenvalue weighted by molar-refractivity contribution is 6.30. The number of carbonyl (C=O) groups is 1. The van der Waals surface area contributed by atoms with Gasteiger partial charge in [0.25, 0.3) is 0 Å². The zero-order chi connectivity index (χ0) is 10.1. The lowest BCUT2D eigenvalue weighted by molar-refractivity contribution is -0.123. The van der Waals surface area contributed by atoms with Crippen molar-refractivity contribution >= 4 is 23.2 Å². The van der Waals surface area contributed by atoms with Crippen LogP contribution in [0.25, 0.3) is 0 Å². The summed E-state index contributed by atoms with van der Waals surface area (Å²) in [7, 11) is 0. The number of anilines is 1. The Kier molecular flexibility index (Phi) is 2.44. The van der Waals surface area contributed by atoms with E-state index in [4.69, 9.17) is 17.3 Å². The molecule has 0 aromatic heterocycles. The van der Waals surface area contributed by atoms with E-state index >= 15 is 0 Å². The molecule has 2 N–H and O–H groups in total. The third-order valence-corrected chi connectivity index (χ3v) is 2.67. The van der Waals surface area contributed by atoms with Crippen LogP contribution in [-0.2, 0) is 4.79 Å². The van der Waals surface area contributed by atoms with E-state index in [1.807, 2.05) is 12.1 Å².